The number of carbonyl (C=O) groups is 4. The number of fused-ring (bicyclic) bond motifs is 2. The lowest BCUT2D eigenvalue weighted by Crippen LogP contribution is -2.49. The molecule has 2 aliphatic rings. The highest BCUT2D eigenvalue weighted by molar-refractivity contribution is 6.34. The molecule has 0 fully saturated rings. The van der Waals surface area contributed by atoms with E-state index in [1.807, 2.05) is 0 Å². The number of hydrazine groups is 1. The molecule has 0 radical (unpaired) electrons. The Balaban J connectivity index is 1.82. The van der Waals surface area contributed by atoms with Gasteiger partial charge >= 0.3 is 0 Å². The van der Waals surface area contributed by atoms with Crippen LogP contribution in [0.3, 0.4) is 0 Å². The van der Waals surface area contributed by atoms with Crippen LogP contribution >= 0.6 is 23.2 Å². The van der Waals surface area contributed by atoms with Gasteiger partial charge in [-0.1, -0.05) is 23.2 Å². The molecule has 2 heterocycles. The summed E-state index contributed by atoms with van der Waals surface area (Å²) in [5.74, 6) is -3.07. The summed E-state index contributed by atoms with van der Waals surface area (Å²) in [5.41, 5.74) is 0.252. The first-order valence-corrected chi connectivity index (χ1v) is 7.52. The van der Waals surface area contributed by atoms with Gasteiger partial charge in [-0.25, -0.2) is 0 Å². The van der Waals surface area contributed by atoms with Crippen molar-refractivity contribution in [1.29, 1.82) is 0 Å². The van der Waals surface area contributed by atoms with Gasteiger partial charge in [-0.3, -0.25) is 19.2 Å². The lowest BCUT2D eigenvalue weighted by molar-refractivity contribution is 0.00845. The number of halogens is 2. The monoisotopic (exact) mass is 360 g/mol. The zero-order valence-corrected chi connectivity index (χ0v) is 13.3. The van der Waals surface area contributed by atoms with E-state index < -0.39 is 23.6 Å². The Labute approximate surface area is 145 Å². The van der Waals surface area contributed by atoms with Crippen LogP contribution in [0.2, 0.25) is 10.0 Å². The van der Waals surface area contributed by atoms with Gasteiger partial charge in [0.25, 0.3) is 23.6 Å². The molecular weight excluding hydrogens is 355 g/mol. The molecule has 4 rings (SSSR count). The molecule has 2 aromatic carbocycles. The molecule has 0 aliphatic carbocycles. The Morgan fingerprint density at radius 2 is 0.875 bits per heavy atom. The number of carbonyl (C=O) groups excluding carboxylic acids is 4. The van der Waals surface area contributed by atoms with Gasteiger partial charge < -0.3 is 0 Å². The Morgan fingerprint density at radius 3 is 1.25 bits per heavy atom. The molecular formula is C16H6Cl2N2O4. The molecule has 0 N–H and O–H groups in total. The summed E-state index contributed by atoms with van der Waals surface area (Å²) in [5, 5.41) is 1.62. The molecule has 2 aromatic rings. The fraction of sp³-hybridized carbons (Fsp3) is 0. The quantitative estimate of drug-likeness (QED) is 0.732. The normalized spacial score (nSPS) is 16.1. The van der Waals surface area contributed by atoms with Crippen molar-refractivity contribution < 1.29 is 19.2 Å². The average molecular weight is 361 g/mol. The fourth-order valence-electron chi connectivity index (χ4n) is 2.76. The average Bonchev–Trinajstić information content (AvgIpc) is 2.92. The second-order valence-corrected chi connectivity index (χ2v) is 6.10. The number of rotatable bonds is 1. The number of hydrogen-bond donors (Lipinski definition) is 0. The number of hydrogen-bond acceptors (Lipinski definition) is 4. The van der Waals surface area contributed by atoms with E-state index in [4.69, 9.17) is 23.2 Å². The topological polar surface area (TPSA) is 74.8 Å². The predicted molar refractivity (Wildman–Crippen MR) is 83.9 cm³/mol. The van der Waals surface area contributed by atoms with Crippen molar-refractivity contribution in [1.82, 2.24) is 10.0 Å². The van der Waals surface area contributed by atoms with E-state index in [2.05, 4.69) is 0 Å². The highest BCUT2D eigenvalue weighted by atomic mass is 35.5. The second-order valence-electron chi connectivity index (χ2n) is 5.22. The molecule has 0 saturated heterocycles. The van der Waals surface area contributed by atoms with Crippen LogP contribution in [0.15, 0.2) is 36.4 Å². The largest absolute Gasteiger partial charge is 0.281 e. The van der Waals surface area contributed by atoms with Gasteiger partial charge in [-0.2, -0.15) is 10.0 Å². The highest BCUT2D eigenvalue weighted by Gasteiger charge is 2.48. The highest BCUT2D eigenvalue weighted by Crippen LogP contribution is 2.32. The maximum Gasteiger partial charge on any atom is 0.281 e. The Kier molecular flexibility index (Phi) is 3.03. The smallest absolute Gasteiger partial charge is 0.267 e. The van der Waals surface area contributed by atoms with Gasteiger partial charge in [0.15, 0.2) is 0 Å². The maximum absolute atomic E-state index is 12.5. The van der Waals surface area contributed by atoms with Crippen molar-refractivity contribution in [2.75, 3.05) is 0 Å². The molecule has 0 saturated carbocycles. The number of nitrogens with zero attached hydrogens (tertiary/aromatic N) is 2. The minimum atomic E-state index is -0.780. The lowest BCUT2D eigenvalue weighted by atomic mass is 10.1. The van der Waals surface area contributed by atoms with Gasteiger partial charge in [0.05, 0.1) is 22.3 Å². The van der Waals surface area contributed by atoms with Crippen molar-refractivity contribution in [2.45, 2.75) is 0 Å². The van der Waals surface area contributed by atoms with Crippen LogP contribution in [0.25, 0.3) is 0 Å². The van der Waals surface area contributed by atoms with Crippen LogP contribution in [0.5, 0.6) is 0 Å². The van der Waals surface area contributed by atoms with Gasteiger partial charge in [-0.05, 0) is 36.4 Å². The van der Waals surface area contributed by atoms with E-state index in [1.54, 1.807) is 0 Å². The summed E-state index contributed by atoms with van der Waals surface area (Å²) >= 11 is 11.7. The standard InChI is InChI=1S/C16H6Cl2N2O4/c17-7-1-3-9-11(5-7)15(23)19(13(9)21)20-14(22)10-4-2-8(18)6-12(10)16(20)24/h1-6H. The molecule has 0 bridgehead atoms. The molecule has 118 valence electrons. The molecule has 0 unspecified atom stereocenters. The molecule has 0 spiro atoms. The molecule has 4 amide bonds. The van der Waals surface area contributed by atoms with Crippen LogP contribution in [-0.4, -0.2) is 33.6 Å². The molecule has 24 heavy (non-hydrogen) atoms. The van der Waals surface area contributed by atoms with Crippen LogP contribution in [-0.2, 0) is 0 Å². The maximum atomic E-state index is 12.5. The number of amides is 4. The first-order valence-electron chi connectivity index (χ1n) is 6.76. The zero-order chi connectivity index (χ0) is 17.2. The molecule has 6 nitrogen and oxygen atoms in total. The third-order valence-electron chi connectivity index (χ3n) is 3.85. The van der Waals surface area contributed by atoms with E-state index in [1.165, 1.54) is 36.4 Å². The van der Waals surface area contributed by atoms with E-state index in [0.717, 1.165) is 0 Å². The van der Waals surface area contributed by atoms with Gasteiger partial charge in [0.2, 0.25) is 0 Å². The summed E-state index contributed by atoms with van der Waals surface area (Å²) in [4.78, 5) is 50.1. The first kappa shape index (κ1) is 14.9. The SMILES string of the molecule is O=C1c2ccc(Cl)cc2C(=O)N1N1C(=O)c2ccc(Cl)cc2C1=O. The third kappa shape index (κ3) is 1.84. The summed E-state index contributed by atoms with van der Waals surface area (Å²) < 4.78 is 0. The van der Waals surface area contributed by atoms with Gasteiger partial charge in [0, 0.05) is 10.0 Å². The molecule has 2 aliphatic heterocycles. The van der Waals surface area contributed by atoms with Crippen molar-refractivity contribution in [3.8, 4) is 0 Å². The van der Waals surface area contributed by atoms with Crippen LogP contribution < -0.4 is 0 Å². The Bertz CT molecular complexity index is 907. The van der Waals surface area contributed by atoms with Gasteiger partial charge in [-0.15, -0.1) is 0 Å². The van der Waals surface area contributed by atoms with Crippen molar-refractivity contribution in [3.63, 3.8) is 0 Å². The predicted octanol–water partition coefficient (Wildman–Crippen LogP) is 2.80. The molecule has 8 heteroatoms. The minimum absolute atomic E-state index is 0.0436. The van der Waals surface area contributed by atoms with Crippen molar-refractivity contribution >= 4 is 46.8 Å². The zero-order valence-electron chi connectivity index (χ0n) is 11.7. The lowest BCUT2D eigenvalue weighted by Gasteiger charge is -2.23. The Morgan fingerprint density at radius 1 is 0.542 bits per heavy atom. The van der Waals surface area contributed by atoms with Crippen LogP contribution in [0.4, 0.5) is 0 Å². The third-order valence-corrected chi connectivity index (χ3v) is 4.32. The van der Waals surface area contributed by atoms with E-state index >= 15 is 0 Å². The van der Waals surface area contributed by atoms with E-state index in [9.17, 15) is 19.2 Å². The Hall–Kier alpha value is -2.70. The van der Waals surface area contributed by atoms with E-state index in [0.29, 0.717) is 10.0 Å². The number of benzene rings is 2. The van der Waals surface area contributed by atoms with E-state index in [-0.39, 0.29) is 32.3 Å². The summed E-state index contributed by atoms with van der Waals surface area (Å²) in [6.07, 6.45) is 0. The molecule has 0 atom stereocenters. The molecule has 0 aromatic heterocycles. The fourth-order valence-corrected chi connectivity index (χ4v) is 3.11. The van der Waals surface area contributed by atoms with Crippen molar-refractivity contribution in [2.24, 2.45) is 0 Å². The first-order chi connectivity index (χ1) is 11.4. The second kappa shape index (κ2) is 4.90. The summed E-state index contributed by atoms with van der Waals surface area (Å²) in [6, 6.07) is 8.33. The van der Waals surface area contributed by atoms with Crippen molar-refractivity contribution in [3.05, 3.63) is 68.7 Å². The van der Waals surface area contributed by atoms with Crippen LogP contribution in [0, 0.1) is 0 Å². The van der Waals surface area contributed by atoms with Crippen LogP contribution in [0.1, 0.15) is 41.4 Å². The minimum Gasteiger partial charge on any atom is -0.267 e. The summed E-state index contributed by atoms with van der Waals surface area (Å²) in [7, 11) is 0. The van der Waals surface area contributed by atoms with Gasteiger partial charge in [0.1, 0.15) is 0 Å². The number of imide groups is 2. The summed E-state index contributed by atoms with van der Waals surface area (Å²) in [6.45, 7) is 0.